The topological polar surface area (TPSA) is 191 Å². The van der Waals surface area contributed by atoms with E-state index in [1.165, 1.54) is 34.5 Å². The molecule has 0 saturated carbocycles. The van der Waals surface area contributed by atoms with Crippen LogP contribution < -0.4 is 19.5 Å². The van der Waals surface area contributed by atoms with E-state index >= 15 is 0 Å². The zero-order valence-electron chi connectivity index (χ0n) is 32.4. The number of phenolic OH excluding ortho intramolecular Hbond substituents is 2. The van der Waals surface area contributed by atoms with Gasteiger partial charge in [-0.3, -0.25) is 14.7 Å². The Morgan fingerprint density at radius 1 is 1.00 bits per heavy atom. The molecule has 1 aromatic heterocycles. The normalized spacial score (nSPS) is 16.2. The summed E-state index contributed by atoms with van der Waals surface area (Å²) in [4.78, 5) is 45.1. The smallest absolute Gasteiger partial charge is 0.342 e. The van der Waals surface area contributed by atoms with Crippen molar-refractivity contribution < 1.29 is 48.3 Å². The number of hydrogen-bond acceptors (Lipinski definition) is 12. The maximum absolute atomic E-state index is 14.3. The first-order chi connectivity index (χ1) is 27.1. The molecular formula is C42H50N4O10. The highest BCUT2D eigenvalue weighted by molar-refractivity contribution is 5.98. The van der Waals surface area contributed by atoms with Crippen LogP contribution in [-0.4, -0.2) is 77.6 Å². The van der Waals surface area contributed by atoms with Gasteiger partial charge in [0.15, 0.2) is 23.1 Å². The number of carbonyl (C=O) groups is 3. The van der Waals surface area contributed by atoms with Crippen molar-refractivity contribution in [1.29, 1.82) is 0 Å². The van der Waals surface area contributed by atoms with Crippen LogP contribution >= 0.6 is 0 Å². The lowest BCUT2D eigenvalue weighted by molar-refractivity contribution is -0.122. The largest absolute Gasteiger partial charge is 0.507 e. The van der Waals surface area contributed by atoms with Gasteiger partial charge in [-0.2, -0.15) is 5.10 Å². The van der Waals surface area contributed by atoms with Gasteiger partial charge in [0, 0.05) is 44.3 Å². The molecule has 2 unspecified atom stereocenters. The number of allylic oxidation sites excluding steroid dienone is 1. The maximum atomic E-state index is 14.3. The van der Waals surface area contributed by atoms with Gasteiger partial charge < -0.3 is 39.2 Å². The number of esters is 1. The first kappa shape index (κ1) is 41.3. The van der Waals surface area contributed by atoms with Gasteiger partial charge in [0.1, 0.15) is 29.5 Å². The summed E-state index contributed by atoms with van der Waals surface area (Å²) in [7, 11) is 5.90. The molecule has 14 nitrogen and oxygen atoms in total. The Labute approximate surface area is 326 Å². The van der Waals surface area contributed by atoms with Crippen LogP contribution in [0, 0.1) is 0 Å². The molecule has 1 aliphatic heterocycles. The second kappa shape index (κ2) is 19.6. The van der Waals surface area contributed by atoms with Crippen molar-refractivity contribution in [2.45, 2.75) is 83.0 Å². The predicted octanol–water partition coefficient (Wildman–Crippen LogP) is 6.49. The molecule has 3 atom stereocenters. The molecular weight excluding hydrogens is 720 g/mol. The van der Waals surface area contributed by atoms with Crippen molar-refractivity contribution in [2.24, 2.45) is 0 Å². The Balaban J connectivity index is 1.62. The van der Waals surface area contributed by atoms with Gasteiger partial charge >= 0.3 is 5.97 Å². The van der Waals surface area contributed by atoms with Gasteiger partial charge in [-0.05, 0) is 67.5 Å². The lowest BCUT2D eigenvalue weighted by Crippen LogP contribution is -2.32. The number of nitrogens with one attached hydrogen (secondary N) is 2. The number of methoxy groups -OCH3 is 4. The van der Waals surface area contributed by atoms with Crippen LogP contribution in [0.4, 0.5) is 0 Å². The number of ketones is 1. The van der Waals surface area contributed by atoms with E-state index in [0.717, 1.165) is 5.56 Å². The average molecular weight is 771 g/mol. The molecule has 0 saturated heterocycles. The highest BCUT2D eigenvalue weighted by Gasteiger charge is 2.33. The van der Waals surface area contributed by atoms with Crippen molar-refractivity contribution in [3.05, 3.63) is 94.1 Å². The molecule has 14 heteroatoms. The molecule has 0 bridgehead atoms. The Bertz CT molecular complexity index is 1990. The summed E-state index contributed by atoms with van der Waals surface area (Å²) in [6.07, 6.45) is 5.83. The average Bonchev–Trinajstić information content (AvgIpc) is 3.65. The van der Waals surface area contributed by atoms with Gasteiger partial charge in [-0.25, -0.2) is 9.78 Å². The number of carbonyl (C=O) groups excluding carboxylic acids is 3. The number of aromatic amines is 1. The molecule has 1 aliphatic rings. The third-order valence-corrected chi connectivity index (χ3v) is 9.64. The second-order valence-corrected chi connectivity index (χ2v) is 13.7. The summed E-state index contributed by atoms with van der Waals surface area (Å²) in [6, 6.07) is 13.5. The number of rotatable bonds is 13. The summed E-state index contributed by atoms with van der Waals surface area (Å²) < 4.78 is 27.8. The summed E-state index contributed by atoms with van der Waals surface area (Å²) >= 11 is 0. The fourth-order valence-electron chi connectivity index (χ4n) is 6.87. The molecule has 0 spiro atoms. The molecule has 1 amide bonds. The minimum Gasteiger partial charge on any atom is -0.507 e. The first-order valence-electron chi connectivity index (χ1n) is 18.6. The Morgan fingerprint density at radius 3 is 2.39 bits per heavy atom. The number of nitrogens with zero attached hydrogens (tertiary/aromatic N) is 2. The van der Waals surface area contributed by atoms with Crippen molar-refractivity contribution >= 4 is 23.7 Å². The number of Topliss-reactive ketones (excluding diaryl/α,β-unsaturated/α-hetero) is 1. The quantitative estimate of drug-likeness (QED) is 0.108. The molecule has 298 valence electrons. The number of amides is 1. The van der Waals surface area contributed by atoms with Gasteiger partial charge in [-0.15, -0.1) is 0 Å². The van der Waals surface area contributed by atoms with Crippen LogP contribution in [0.5, 0.6) is 28.7 Å². The highest BCUT2D eigenvalue weighted by atomic mass is 16.5. The summed E-state index contributed by atoms with van der Waals surface area (Å²) in [5.41, 5.74) is 1.30. The number of ether oxygens (including phenoxy) is 5. The van der Waals surface area contributed by atoms with E-state index in [0.29, 0.717) is 67.9 Å². The van der Waals surface area contributed by atoms with Crippen LogP contribution in [0.15, 0.2) is 54.6 Å². The van der Waals surface area contributed by atoms with E-state index in [2.05, 4.69) is 20.5 Å². The number of aromatic hydroxyl groups is 2. The summed E-state index contributed by atoms with van der Waals surface area (Å²) in [5, 5.41) is 34.2. The molecule has 0 aliphatic carbocycles. The number of aromatic nitrogens is 3. The molecule has 3 aromatic carbocycles. The van der Waals surface area contributed by atoms with E-state index in [-0.39, 0.29) is 52.7 Å². The Hall–Kier alpha value is -5.89. The number of hydrogen-bond donors (Lipinski definition) is 4. The van der Waals surface area contributed by atoms with Crippen molar-refractivity contribution in [1.82, 2.24) is 20.5 Å². The van der Waals surface area contributed by atoms with E-state index < -0.39 is 35.7 Å². The number of fused-ring (bicyclic) bond motifs is 1. The molecule has 4 N–H and O–H groups in total. The Morgan fingerprint density at radius 2 is 1.71 bits per heavy atom. The van der Waals surface area contributed by atoms with E-state index in [9.17, 15) is 24.6 Å². The molecule has 0 fully saturated rings. The fraction of sp³-hybridized carbons (Fsp3) is 0.405. The lowest BCUT2D eigenvalue weighted by atomic mass is 9.84. The summed E-state index contributed by atoms with van der Waals surface area (Å²) in [6.45, 7) is 1.92. The van der Waals surface area contributed by atoms with Crippen molar-refractivity contribution in [3.8, 4) is 28.7 Å². The second-order valence-electron chi connectivity index (χ2n) is 13.7. The monoisotopic (exact) mass is 770 g/mol. The van der Waals surface area contributed by atoms with Gasteiger partial charge in [-0.1, -0.05) is 42.5 Å². The molecule has 4 aromatic rings. The minimum atomic E-state index is -1.07. The Kier molecular flexibility index (Phi) is 14.5. The van der Waals surface area contributed by atoms with Crippen LogP contribution in [0.1, 0.15) is 108 Å². The van der Waals surface area contributed by atoms with Crippen LogP contribution in [-0.2, 0) is 32.1 Å². The zero-order chi connectivity index (χ0) is 40.2. The standard InChI is InChI=1S/C42H50N4O10/c1-25-13-12-18-29(47)17-11-7-10-16-27-20-32(48)38(39(50)37(27)42(51)56-25)30(28-21-33(53-3)40(55-5)34(22-28)54-4)23-36(49)43-31(19-26-14-8-6-9-15-26)41-44-35(24-52-2)45-46-41/h6,8-10,14-16,20-22,25,30-31,48,50H,7,11-13,17-19,23-24H2,1-5H3,(H,43,49)(H,44,45,46)/t25-,30?,31?/m0/s1. The highest BCUT2D eigenvalue weighted by Crippen LogP contribution is 2.48. The van der Waals surface area contributed by atoms with Crippen LogP contribution in [0.3, 0.4) is 0 Å². The molecule has 5 rings (SSSR count). The van der Waals surface area contributed by atoms with E-state index in [1.54, 1.807) is 31.2 Å². The fourth-order valence-corrected chi connectivity index (χ4v) is 6.87. The third-order valence-electron chi connectivity index (χ3n) is 9.64. The van der Waals surface area contributed by atoms with E-state index in [4.69, 9.17) is 23.7 Å². The number of cyclic esters (lactones) is 1. The van der Waals surface area contributed by atoms with Gasteiger partial charge in [0.2, 0.25) is 11.7 Å². The van der Waals surface area contributed by atoms with Crippen LogP contribution in [0.2, 0.25) is 0 Å². The summed E-state index contributed by atoms with van der Waals surface area (Å²) in [5.74, 6) is -1.47. The first-order valence-corrected chi connectivity index (χ1v) is 18.6. The third kappa shape index (κ3) is 10.2. The predicted molar refractivity (Wildman–Crippen MR) is 207 cm³/mol. The lowest BCUT2D eigenvalue weighted by Gasteiger charge is -2.25. The van der Waals surface area contributed by atoms with E-state index in [1.807, 2.05) is 30.3 Å². The number of phenols is 2. The minimum absolute atomic E-state index is 0.0854. The SMILES string of the molecule is COCc1nc(C(Cc2ccccc2)NC(=O)CC(c2cc(OC)c(OC)c(OC)c2)c2c(O)cc3c(c2O)C(=O)O[C@@H](C)CCCC(=O)CCCC=C3)n[nH]1. The number of benzene rings is 3. The van der Waals surface area contributed by atoms with Crippen molar-refractivity contribution in [2.75, 3.05) is 28.4 Å². The molecule has 2 heterocycles. The van der Waals surface area contributed by atoms with Gasteiger partial charge in [0.25, 0.3) is 0 Å². The van der Waals surface area contributed by atoms with Crippen LogP contribution in [0.25, 0.3) is 6.08 Å². The molecule has 0 radical (unpaired) electrons. The maximum Gasteiger partial charge on any atom is 0.342 e. The van der Waals surface area contributed by atoms with Crippen molar-refractivity contribution in [3.63, 3.8) is 0 Å². The zero-order valence-corrected chi connectivity index (χ0v) is 32.4. The number of H-pyrrole nitrogens is 1. The van der Waals surface area contributed by atoms with Gasteiger partial charge in [0.05, 0.1) is 33.5 Å². The molecule has 56 heavy (non-hydrogen) atoms.